The third-order valence-corrected chi connectivity index (χ3v) is 5.24. The van der Waals surface area contributed by atoms with Gasteiger partial charge in [0.2, 0.25) is 0 Å². The maximum absolute atomic E-state index is 9.63. The Hall–Kier alpha value is 1.35. The first-order valence-electron chi connectivity index (χ1n) is 8.10. The Balaban J connectivity index is -0.0000000402. The van der Waals surface area contributed by atoms with Crippen LogP contribution in [0.5, 0.6) is 0 Å². The van der Waals surface area contributed by atoms with Crippen LogP contribution in [-0.4, -0.2) is 152 Å². The number of rotatable bonds is 10. The monoisotopic (exact) mass is 678 g/mol. The topological polar surface area (TPSA) is 373 Å². The fourth-order valence-electron chi connectivity index (χ4n) is 0.577. The molecule has 37 heavy (non-hydrogen) atoms. The Bertz CT molecular complexity index is 833. The van der Waals surface area contributed by atoms with Gasteiger partial charge in [-0.15, -0.1) is 0 Å². The van der Waals surface area contributed by atoms with Crippen molar-refractivity contribution in [3.63, 3.8) is 0 Å². The summed E-state index contributed by atoms with van der Waals surface area (Å²) >= 11 is 0. The molecule has 0 radical (unpaired) electrons. The van der Waals surface area contributed by atoms with E-state index in [0.29, 0.717) is 0 Å². The molecule has 0 aliphatic carbocycles. The van der Waals surface area contributed by atoms with E-state index in [-0.39, 0.29) is 62.0 Å². The van der Waals surface area contributed by atoms with Gasteiger partial charge in [0, 0.05) is 0 Å². The molecule has 0 saturated carbocycles. The largest absolute Gasteiger partial charge is 1.00 e. The van der Waals surface area contributed by atoms with E-state index in [1.165, 1.54) is 0 Å². The van der Waals surface area contributed by atoms with E-state index in [4.69, 9.17) is 48.3 Å². The van der Waals surface area contributed by atoms with Gasteiger partial charge in [-0.25, -0.2) is 0 Å². The van der Waals surface area contributed by atoms with E-state index in [1.54, 1.807) is 0 Å². The molecule has 10 N–H and O–H groups in total. The van der Waals surface area contributed by atoms with Crippen molar-refractivity contribution in [1.82, 2.24) is 0 Å². The molecule has 27 heteroatoms. The van der Waals surface area contributed by atoms with Gasteiger partial charge < -0.3 is 28.4 Å². The van der Waals surface area contributed by atoms with Crippen molar-refractivity contribution < 1.29 is 152 Å². The Labute approximate surface area is 262 Å². The number of aliphatic hydroxyl groups is 5. The van der Waals surface area contributed by atoms with Gasteiger partial charge in [0.25, 0.3) is 50.6 Å². The predicted octanol–water partition coefficient (Wildman–Crippen LogP) is -11.4. The SMILES string of the molecule is O=S(=O)(O)CCO.O=S(=O)(O)CCO.O=S(=O)(O)CCO.O=S(=O)(O)CCO.O=S(=O)(O)CCO.[H-].[H-].[Na+].[Na+]. The maximum Gasteiger partial charge on any atom is 1.00 e. The van der Waals surface area contributed by atoms with E-state index in [1.807, 2.05) is 0 Å². The summed E-state index contributed by atoms with van der Waals surface area (Å²) in [6, 6.07) is 0. The molecule has 224 valence electrons. The van der Waals surface area contributed by atoms with Gasteiger partial charge in [-0.2, -0.15) is 42.1 Å². The van der Waals surface area contributed by atoms with Crippen molar-refractivity contribution in [3.05, 3.63) is 0 Å². The average Bonchev–Trinajstić information content (AvgIpc) is 2.51. The van der Waals surface area contributed by atoms with Crippen LogP contribution >= 0.6 is 0 Å². The average molecular weight is 679 g/mol. The Kier molecular flexibility index (Phi) is 42.5. The fraction of sp³-hybridized carbons (Fsp3) is 1.00. The third-order valence-electron chi connectivity index (χ3n) is 1.75. The summed E-state index contributed by atoms with van der Waals surface area (Å²) < 4.78 is 135. The van der Waals surface area contributed by atoms with Gasteiger partial charge in [-0.1, -0.05) is 0 Å². The van der Waals surface area contributed by atoms with Gasteiger partial charge in [0.15, 0.2) is 0 Å². The van der Waals surface area contributed by atoms with E-state index in [0.717, 1.165) is 0 Å². The standard InChI is InChI=1S/5C2H6O4S.2Na.2H/c5*3-1-2-7(4,5)6;;;;/h5*3H,1-2H2,(H,4,5,6);;;;/q;;;;;2*+1;2*-1. The Morgan fingerprint density at radius 1 is 0.324 bits per heavy atom. The second-order valence-electron chi connectivity index (χ2n) is 5.05. The minimum absolute atomic E-state index is 0. The van der Waals surface area contributed by atoms with Crippen LogP contribution in [0.25, 0.3) is 0 Å². The smallest absolute Gasteiger partial charge is 1.00 e. The fourth-order valence-corrected chi connectivity index (χ4v) is 1.73. The second kappa shape index (κ2) is 28.9. The molecule has 0 aromatic carbocycles. The second-order valence-corrected chi connectivity index (χ2v) is 12.9. The Morgan fingerprint density at radius 3 is 0.405 bits per heavy atom. The Morgan fingerprint density at radius 2 is 0.405 bits per heavy atom. The van der Waals surface area contributed by atoms with Crippen LogP contribution in [0.15, 0.2) is 0 Å². The molecule has 0 bridgehead atoms. The van der Waals surface area contributed by atoms with Crippen molar-refractivity contribution in [3.8, 4) is 0 Å². The molecular formula is C10H32Na2O20S5. The van der Waals surface area contributed by atoms with Crippen LogP contribution in [0.2, 0.25) is 0 Å². The van der Waals surface area contributed by atoms with Crippen LogP contribution in [0, 0.1) is 0 Å². The summed E-state index contributed by atoms with van der Waals surface area (Å²) in [4.78, 5) is 0. The maximum atomic E-state index is 9.63. The normalized spacial score (nSPS) is 11.1. The van der Waals surface area contributed by atoms with E-state index in [9.17, 15) is 42.1 Å². The van der Waals surface area contributed by atoms with E-state index >= 15 is 0 Å². The molecular weight excluding hydrogens is 646 g/mol. The first-order valence-corrected chi connectivity index (χ1v) is 16.1. The summed E-state index contributed by atoms with van der Waals surface area (Å²) in [5.74, 6) is -2.88. The molecule has 0 heterocycles. The van der Waals surface area contributed by atoms with Gasteiger partial charge in [-0.3, -0.25) is 22.8 Å². The first kappa shape index (κ1) is 54.4. The molecule has 0 fully saturated rings. The van der Waals surface area contributed by atoms with Gasteiger partial charge in [0.05, 0.1) is 61.8 Å². The van der Waals surface area contributed by atoms with Crippen LogP contribution in [0.1, 0.15) is 2.85 Å². The molecule has 20 nitrogen and oxygen atoms in total. The van der Waals surface area contributed by atoms with Crippen LogP contribution < -0.4 is 59.1 Å². The van der Waals surface area contributed by atoms with Crippen molar-refractivity contribution in [2.45, 2.75) is 0 Å². The molecule has 0 aliphatic heterocycles. The van der Waals surface area contributed by atoms with Gasteiger partial charge in [0.1, 0.15) is 0 Å². The van der Waals surface area contributed by atoms with Crippen molar-refractivity contribution in [1.29, 1.82) is 0 Å². The quantitative estimate of drug-likeness (QED) is 0.0757. The molecule has 0 amide bonds. The third kappa shape index (κ3) is 102. The summed E-state index contributed by atoms with van der Waals surface area (Å²) in [7, 11) is -19.6. The molecule has 0 unspecified atom stereocenters. The molecule has 0 aromatic heterocycles. The number of aliphatic hydroxyl groups excluding tert-OH is 5. The molecule has 0 spiro atoms. The number of hydrogen-bond acceptors (Lipinski definition) is 15. The van der Waals surface area contributed by atoms with Gasteiger partial charge >= 0.3 is 59.1 Å². The summed E-state index contributed by atoms with van der Waals surface area (Å²) in [6.07, 6.45) is 0. The summed E-state index contributed by atoms with van der Waals surface area (Å²) in [6.45, 7) is -2.64. The van der Waals surface area contributed by atoms with Crippen molar-refractivity contribution in [2.75, 3.05) is 61.8 Å². The van der Waals surface area contributed by atoms with Gasteiger partial charge in [-0.05, 0) is 0 Å². The molecule has 0 aliphatic rings. The molecule has 0 saturated heterocycles. The minimum Gasteiger partial charge on any atom is -1.00 e. The molecule has 0 rings (SSSR count). The summed E-state index contributed by atoms with van der Waals surface area (Å²) in [5, 5.41) is 39.3. The van der Waals surface area contributed by atoms with E-state index in [2.05, 4.69) is 0 Å². The molecule has 0 aromatic rings. The first-order chi connectivity index (χ1) is 15.3. The van der Waals surface area contributed by atoms with Crippen LogP contribution in [-0.2, 0) is 50.6 Å². The predicted molar refractivity (Wildman–Crippen MR) is 120 cm³/mol. The summed E-state index contributed by atoms with van der Waals surface area (Å²) in [5.41, 5.74) is 0. The van der Waals surface area contributed by atoms with Crippen molar-refractivity contribution >= 4 is 50.6 Å². The van der Waals surface area contributed by atoms with Crippen LogP contribution in [0.4, 0.5) is 0 Å². The van der Waals surface area contributed by atoms with Crippen molar-refractivity contribution in [2.24, 2.45) is 0 Å². The van der Waals surface area contributed by atoms with Crippen LogP contribution in [0.3, 0.4) is 0 Å². The molecule has 0 atom stereocenters. The number of hydrogen-bond donors (Lipinski definition) is 10. The zero-order valence-electron chi connectivity index (χ0n) is 21.7. The minimum atomic E-state index is -3.92. The van der Waals surface area contributed by atoms with E-state index < -0.39 is 112 Å². The zero-order chi connectivity index (χ0) is 29.6. The zero-order valence-corrected chi connectivity index (χ0v) is 27.7.